The van der Waals surface area contributed by atoms with Gasteiger partial charge in [0.2, 0.25) is 10.0 Å². The van der Waals surface area contributed by atoms with Gasteiger partial charge in [0.25, 0.3) is 0 Å². The van der Waals surface area contributed by atoms with Crippen molar-refractivity contribution in [1.82, 2.24) is 4.72 Å². The van der Waals surface area contributed by atoms with Crippen molar-refractivity contribution in [3.63, 3.8) is 0 Å². The molecule has 0 bridgehead atoms. The third-order valence-electron chi connectivity index (χ3n) is 2.14. The van der Waals surface area contributed by atoms with Crippen LogP contribution in [0.3, 0.4) is 0 Å². The van der Waals surface area contributed by atoms with Gasteiger partial charge in [-0.25, -0.2) is 13.1 Å². The summed E-state index contributed by atoms with van der Waals surface area (Å²) < 4.78 is 30.0. The van der Waals surface area contributed by atoms with Gasteiger partial charge in [-0.3, -0.25) is 0 Å². The van der Waals surface area contributed by atoms with Crippen LogP contribution >= 0.6 is 0 Å². The van der Waals surface area contributed by atoms with E-state index in [0.717, 1.165) is 23.1 Å². The van der Waals surface area contributed by atoms with Gasteiger partial charge in [-0.15, -0.1) is 0 Å². The van der Waals surface area contributed by atoms with E-state index in [1.807, 2.05) is 39.0 Å². The molecule has 1 aromatic rings. The highest BCUT2D eigenvalue weighted by atomic mass is 32.2. The molecule has 0 atom stereocenters. The zero-order valence-electron chi connectivity index (χ0n) is 10.6. The normalized spacial score (nSPS) is 11.8. The molecule has 5 heteroatoms. The molecule has 0 aliphatic heterocycles. The number of sulfonamides is 1. The van der Waals surface area contributed by atoms with E-state index in [-0.39, 0.29) is 6.10 Å². The van der Waals surface area contributed by atoms with Crippen LogP contribution in [0.5, 0.6) is 5.75 Å². The number of hydrogen-bond acceptors (Lipinski definition) is 3. The van der Waals surface area contributed by atoms with Gasteiger partial charge in [-0.1, -0.05) is 12.1 Å². The first kappa shape index (κ1) is 14.0. The quantitative estimate of drug-likeness (QED) is 0.875. The molecule has 0 fully saturated rings. The largest absolute Gasteiger partial charge is 0.491 e. The third kappa shape index (κ3) is 5.19. The first-order valence-corrected chi connectivity index (χ1v) is 7.38. The van der Waals surface area contributed by atoms with Crippen LogP contribution in [-0.2, 0) is 16.6 Å². The van der Waals surface area contributed by atoms with E-state index in [4.69, 9.17) is 4.74 Å². The summed E-state index contributed by atoms with van der Waals surface area (Å²) in [4.78, 5) is 0. The summed E-state index contributed by atoms with van der Waals surface area (Å²) in [5.41, 5.74) is 1.93. The van der Waals surface area contributed by atoms with E-state index in [9.17, 15) is 8.42 Å². The number of rotatable bonds is 5. The molecule has 1 N–H and O–H groups in total. The lowest BCUT2D eigenvalue weighted by Crippen LogP contribution is -2.21. The van der Waals surface area contributed by atoms with Gasteiger partial charge < -0.3 is 4.74 Å². The fourth-order valence-corrected chi connectivity index (χ4v) is 1.85. The van der Waals surface area contributed by atoms with E-state index < -0.39 is 10.0 Å². The second-order valence-corrected chi connectivity index (χ2v) is 6.19. The average Bonchev–Trinajstić information content (AvgIpc) is 2.17. The lowest BCUT2D eigenvalue weighted by Gasteiger charge is -2.13. The number of ether oxygens (including phenoxy) is 1. The van der Waals surface area contributed by atoms with Crippen LogP contribution in [0, 0.1) is 6.92 Å². The summed E-state index contributed by atoms with van der Waals surface area (Å²) in [7, 11) is -3.15. The van der Waals surface area contributed by atoms with E-state index in [1.165, 1.54) is 0 Å². The van der Waals surface area contributed by atoms with Crippen LogP contribution in [0.1, 0.15) is 25.0 Å². The van der Waals surface area contributed by atoms with Gasteiger partial charge >= 0.3 is 0 Å². The lowest BCUT2D eigenvalue weighted by molar-refractivity contribution is 0.240. The molecule has 1 aromatic carbocycles. The molecule has 0 aliphatic rings. The number of aryl methyl sites for hydroxylation is 1. The monoisotopic (exact) mass is 257 g/mol. The van der Waals surface area contributed by atoms with Crippen LogP contribution in [0.15, 0.2) is 18.2 Å². The maximum absolute atomic E-state index is 11.0. The summed E-state index contributed by atoms with van der Waals surface area (Å²) in [5, 5.41) is 0. The maximum atomic E-state index is 11.0. The molecule has 0 spiro atoms. The Morgan fingerprint density at radius 2 is 2.00 bits per heavy atom. The van der Waals surface area contributed by atoms with Crippen LogP contribution in [0.25, 0.3) is 0 Å². The molecule has 0 saturated heterocycles. The second-order valence-electron chi connectivity index (χ2n) is 4.36. The van der Waals surface area contributed by atoms with Gasteiger partial charge in [-0.05, 0) is 38.0 Å². The van der Waals surface area contributed by atoms with Crippen molar-refractivity contribution in [2.75, 3.05) is 6.26 Å². The SMILES string of the molecule is Cc1cc(CNS(C)(=O)=O)ccc1OC(C)C. The molecule has 4 nitrogen and oxygen atoms in total. The molecule has 17 heavy (non-hydrogen) atoms. The third-order valence-corrected chi connectivity index (χ3v) is 2.81. The van der Waals surface area contributed by atoms with Gasteiger partial charge in [0.15, 0.2) is 0 Å². The first-order chi connectivity index (χ1) is 7.78. The molecular weight excluding hydrogens is 238 g/mol. The van der Waals surface area contributed by atoms with Crippen molar-refractivity contribution in [3.8, 4) is 5.75 Å². The van der Waals surface area contributed by atoms with Crippen molar-refractivity contribution in [3.05, 3.63) is 29.3 Å². The van der Waals surface area contributed by atoms with Gasteiger partial charge in [0.05, 0.1) is 12.4 Å². The predicted octanol–water partition coefficient (Wildman–Crippen LogP) is 1.83. The minimum atomic E-state index is -3.15. The standard InChI is InChI=1S/C12H19NO3S/c1-9(2)16-12-6-5-11(7-10(12)3)8-13-17(4,14)15/h5-7,9,13H,8H2,1-4H3. The van der Waals surface area contributed by atoms with Crippen LogP contribution in [-0.4, -0.2) is 20.8 Å². The van der Waals surface area contributed by atoms with Crippen molar-refractivity contribution in [2.24, 2.45) is 0 Å². The fourth-order valence-electron chi connectivity index (χ4n) is 1.42. The molecular formula is C12H19NO3S. The van der Waals surface area contributed by atoms with Crippen molar-refractivity contribution < 1.29 is 13.2 Å². The average molecular weight is 257 g/mol. The molecule has 0 heterocycles. The van der Waals surface area contributed by atoms with Crippen molar-refractivity contribution in [1.29, 1.82) is 0 Å². The highest BCUT2D eigenvalue weighted by Gasteiger charge is 2.05. The summed E-state index contributed by atoms with van der Waals surface area (Å²) in [5.74, 6) is 0.836. The number of nitrogens with one attached hydrogen (secondary N) is 1. The molecule has 0 aromatic heterocycles. The minimum absolute atomic E-state index is 0.133. The smallest absolute Gasteiger partial charge is 0.209 e. The first-order valence-electron chi connectivity index (χ1n) is 5.49. The number of benzene rings is 1. The Morgan fingerprint density at radius 1 is 1.35 bits per heavy atom. The summed E-state index contributed by atoms with van der Waals surface area (Å²) in [6, 6.07) is 5.66. The molecule has 0 amide bonds. The highest BCUT2D eigenvalue weighted by Crippen LogP contribution is 2.20. The molecule has 0 radical (unpaired) electrons. The van der Waals surface area contributed by atoms with E-state index >= 15 is 0 Å². The van der Waals surface area contributed by atoms with Crippen molar-refractivity contribution >= 4 is 10.0 Å². The van der Waals surface area contributed by atoms with Gasteiger partial charge in [-0.2, -0.15) is 0 Å². The Morgan fingerprint density at radius 3 is 2.47 bits per heavy atom. The zero-order chi connectivity index (χ0) is 13.1. The van der Waals surface area contributed by atoms with Crippen LogP contribution in [0.2, 0.25) is 0 Å². The minimum Gasteiger partial charge on any atom is -0.491 e. The Bertz CT molecular complexity index is 481. The predicted molar refractivity (Wildman–Crippen MR) is 68.6 cm³/mol. The molecule has 96 valence electrons. The Kier molecular flexibility index (Phi) is 4.54. The number of hydrogen-bond donors (Lipinski definition) is 1. The molecule has 0 unspecified atom stereocenters. The maximum Gasteiger partial charge on any atom is 0.209 e. The summed E-state index contributed by atoms with van der Waals surface area (Å²) >= 11 is 0. The van der Waals surface area contributed by atoms with Gasteiger partial charge in [0, 0.05) is 6.54 Å². The topological polar surface area (TPSA) is 55.4 Å². The van der Waals surface area contributed by atoms with Gasteiger partial charge in [0.1, 0.15) is 5.75 Å². The molecule has 1 rings (SSSR count). The summed E-state index contributed by atoms with van der Waals surface area (Å²) in [6.45, 7) is 6.19. The Hall–Kier alpha value is -1.07. The second kappa shape index (κ2) is 5.51. The zero-order valence-corrected chi connectivity index (χ0v) is 11.5. The van der Waals surface area contributed by atoms with Crippen LogP contribution < -0.4 is 9.46 Å². The van der Waals surface area contributed by atoms with E-state index in [1.54, 1.807) is 0 Å². The fraction of sp³-hybridized carbons (Fsp3) is 0.500. The Balaban J connectivity index is 2.75. The molecule has 0 saturated carbocycles. The molecule has 0 aliphatic carbocycles. The van der Waals surface area contributed by atoms with E-state index in [0.29, 0.717) is 6.54 Å². The highest BCUT2D eigenvalue weighted by molar-refractivity contribution is 7.88. The van der Waals surface area contributed by atoms with E-state index in [2.05, 4.69) is 4.72 Å². The Labute approximate surface area is 103 Å². The lowest BCUT2D eigenvalue weighted by atomic mass is 10.1. The van der Waals surface area contributed by atoms with Crippen molar-refractivity contribution in [2.45, 2.75) is 33.4 Å². The summed E-state index contributed by atoms with van der Waals surface area (Å²) in [6.07, 6.45) is 1.28. The van der Waals surface area contributed by atoms with Crippen LogP contribution in [0.4, 0.5) is 0 Å².